The van der Waals surface area contributed by atoms with E-state index in [1.54, 1.807) is 0 Å². The molecule has 0 aromatic heterocycles. The Labute approximate surface area is 56.1 Å². The maximum Gasteiger partial charge on any atom is 0.333 e. The highest BCUT2D eigenvalue weighted by Crippen LogP contribution is 1.98. The second-order valence-electron chi connectivity index (χ2n) is 2.65. The van der Waals surface area contributed by atoms with Crippen LogP contribution in [0, 0.1) is 0 Å². The molecular formula is C7H14NO+. The van der Waals surface area contributed by atoms with Gasteiger partial charge in [-0.05, 0) is 13.8 Å². The first kappa shape index (κ1) is 6.59. The third-order valence-corrected chi connectivity index (χ3v) is 1.67. The van der Waals surface area contributed by atoms with Gasteiger partial charge in [-0.25, -0.2) is 0 Å². The average Bonchev–Trinajstić information content (AvgIpc) is 2.13. The van der Waals surface area contributed by atoms with Gasteiger partial charge in [-0.1, -0.05) is 0 Å². The Hall–Kier alpha value is -0.530. The lowest BCUT2D eigenvalue weighted by Crippen LogP contribution is -2.21. The van der Waals surface area contributed by atoms with E-state index in [1.165, 1.54) is 0 Å². The molecule has 0 atom stereocenters. The molecule has 1 rings (SSSR count). The highest BCUT2D eigenvalue weighted by atomic mass is 16.5. The van der Waals surface area contributed by atoms with Gasteiger partial charge >= 0.3 is 5.90 Å². The fourth-order valence-electron chi connectivity index (χ4n) is 1.15. The van der Waals surface area contributed by atoms with Crippen molar-refractivity contribution in [2.45, 2.75) is 26.8 Å². The first-order valence-electron chi connectivity index (χ1n) is 3.45. The van der Waals surface area contributed by atoms with Crippen LogP contribution in [0.4, 0.5) is 0 Å². The largest absolute Gasteiger partial charge is 0.442 e. The molecule has 1 heterocycles. The first-order chi connectivity index (χ1) is 4.22. The van der Waals surface area contributed by atoms with Crippen molar-refractivity contribution >= 4 is 5.90 Å². The van der Waals surface area contributed by atoms with Gasteiger partial charge in [0.25, 0.3) is 0 Å². The smallest absolute Gasteiger partial charge is 0.333 e. The molecule has 0 spiro atoms. The predicted octanol–water partition coefficient (Wildman–Crippen LogP) is 0.856. The minimum absolute atomic E-state index is 0.590. The van der Waals surface area contributed by atoms with Crippen molar-refractivity contribution in [3.63, 3.8) is 0 Å². The number of nitrogens with zero attached hydrogens (tertiary/aromatic N) is 1. The molecule has 0 amide bonds. The molecule has 0 radical (unpaired) electrons. The number of rotatable bonds is 1. The van der Waals surface area contributed by atoms with Crippen LogP contribution in [0.5, 0.6) is 0 Å². The van der Waals surface area contributed by atoms with Gasteiger partial charge in [-0.3, -0.25) is 0 Å². The molecule has 2 nitrogen and oxygen atoms in total. The summed E-state index contributed by atoms with van der Waals surface area (Å²) < 4.78 is 7.53. The fourth-order valence-corrected chi connectivity index (χ4v) is 1.15. The summed E-state index contributed by atoms with van der Waals surface area (Å²) in [5, 5.41) is 0. The summed E-state index contributed by atoms with van der Waals surface area (Å²) in [6.45, 7) is 8.30. The topological polar surface area (TPSA) is 12.2 Å². The molecule has 0 unspecified atom stereocenters. The van der Waals surface area contributed by atoms with E-state index in [0.29, 0.717) is 6.04 Å². The van der Waals surface area contributed by atoms with Crippen LogP contribution in [-0.4, -0.2) is 29.7 Å². The van der Waals surface area contributed by atoms with Crippen LogP contribution >= 0.6 is 0 Å². The molecule has 0 saturated carbocycles. The molecular weight excluding hydrogens is 114 g/mol. The summed E-state index contributed by atoms with van der Waals surface area (Å²) in [5.74, 6) is 1.07. The Kier molecular flexibility index (Phi) is 1.74. The minimum Gasteiger partial charge on any atom is -0.442 e. The lowest BCUT2D eigenvalue weighted by Gasteiger charge is -1.98. The number of hydrogen-bond donors (Lipinski definition) is 0. The predicted molar refractivity (Wildman–Crippen MR) is 36.9 cm³/mol. The lowest BCUT2D eigenvalue weighted by atomic mass is 10.4. The Bertz CT molecular complexity index is 138. The van der Waals surface area contributed by atoms with Gasteiger partial charge in [0, 0.05) is 0 Å². The Morgan fingerprint density at radius 2 is 2.22 bits per heavy atom. The van der Waals surface area contributed by atoms with Gasteiger partial charge in [0.1, 0.15) is 0 Å². The quantitative estimate of drug-likeness (QED) is 0.477. The van der Waals surface area contributed by atoms with E-state index in [2.05, 4.69) is 18.4 Å². The maximum atomic E-state index is 5.27. The van der Waals surface area contributed by atoms with Crippen LogP contribution in [-0.2, 0) is 4.74 Å². The molecule has 1 aliphatic rings. The van der Waals surface area contributed by atoms with Crippen molar-refractivity contribution in [2.75, 3.05) is 13.2 Å². The molecule has 52 valence electrons. The van der Waals surface area contributed by atoms with Crippen molar-refractivity contribution in [3.05, 3.63) is 0 Å². The van der Waals surface area contributed by atoms with E-state index in [9.17, 15) is 0 Å². The number of ether oxygens (including phenoxy) is 1. The van der Waals surface area contributed by atoms with Crippen LogP contribution in [0.15, 0.2) is 0 Å². The molecule has 0 aliphatic carbocycles. The lowest BCUT2D eigenvalue weighted by molar-refractivity contribution is -0.550. The second kappa shape index (κ2) is 2.38. The monoisotopic (exact) mass is 128 g/mol. The standard InChI is InChI=1S/C7H14NO/c1-6(2)8-4-5-9-7(8)3/h6H,4-5H2,1-3H3/q+1. The zero-order chi connectivity index (χ0) is 6.85. The Balaban J connectivity index is 2.66. The SMILES string of the molecule is CC1=[N+](C(C)C)CCO1. The third-order valence-electron chi connectivity index (χ3n) is 1.67. The van der Waals surface area contributed by atoms with Gasteiger partial charge in [0.15, 0.2) is 19.2 Å². The summed E-state index contributed by atoms with van der Waals surface area (Å²) >= 11 is 0. The van der Waals surface area contributed by atoms with E-state index >= 15 is 0 Å². The van der Waals surface area contributed by atoms with E-state index in [0.717, 1.165) is 19.0 Å². The van der Waals surface area contributed by atoms with Crippen LogP contribution in [0.3, 0.4) is 0 Å². The van der Waals surface area contributed by atoms with Crippen molar-refractivity contribution in [2.24, 2.45) is 0 Å². The summed E-state index contributed by atoms with van der Waals surface area (Å²) in [6.07, 6.45) is 0. The summed E-state index contributed by atoms with van der Waals surface area (Å²) in [5.41, 5.74) is 0. The zero-order valence-corrected chi connectivity index (χ0v) is 6.35. The Morgan fingerprint density at radius 3 is 2.44 bits per heavy atom. The molecule has 0 bridgehead atoms. The summed E-state index contributed by atoms with van der Waals surface area (Å²) in [4.78, 5) is 0. The Morgan fingerprint density at radius 1 is 1.56 bits per heavy atom. The van der Waals surface area contributed by atoms with Gasteiger partial charge in [0.05, 0.1) is 6.92 Å². The minimum atomic E-state index is 0.590. The van der Waals surface area contributed by atoms with E-state index in [1.807, 2.05) is 6.92 Å². The van der Waals surface area contributed by atoms with Crippen LogP contribution < -0.4 is 0 Å². The van der Waals surface area contributed by atoms with Crippen molar-refractivity contribution in [3.8, 4) is 0 Å². The molecule has 0 aromatic carbocycles. The highest BCUT2D eigenvalue weighted by molar-refractivity contribution is 5.68. The van der Waals surface area contributed by atoms with Gasteiger partial charge in [-0.15, -0.1) is 0 Å². The molecule has 9 heavy (non-hydrogen) atoms. The molecule has 0 saturated heterocycles. The normalized spacial score (nSPS) is 19.1. The van der Waals surface area contributed by atoms with Crippen molar-refractivity contribution in [1.29, 1.82) is 0 Å². The summed E-state index contributed by atoms with van der Waals surface area (Å²) in [7, 11) is 0. The maximum absolute atomic E-state index is 5.27. The van der Waals surface area contributed by atoms with Crippen molar-refractivity contribution in [1.82, 2.24) is 0 Å². The molecule has 0 aromatic rings. The van der Waals surface area contributed by atoms with Crippen LogP contribution in [0.1, 0.15) is 20.8 Å². The van der Waals surface area contributed by atoms with Crippen LogP contribution in [0.2, 0.25) is 0 Å². The average molecular weight is 128 g/mol. The van der Waals surface area contributed by atoms with Crippen molar-refractivity contribution < 1.29 is 9.31 Å². The molecule has 0 N–H and O–H groups in total. The van der Waals surface area contributed by atoms with Gasteiger partial charge < -0.3 is 4.74 Å². The highest BCUT2D eigenvalue weighted by Gasteiger charge is 2.21. The molecule has 1 aliphatic heterocycles. The van der Waals surface area contributed by atoms with E-state index in [4.69, 9.17) is 4.74 Å². The summed E-state index contributed by atoms with van der Waals surface area (Å²) in [6, 6.07) is 0.590. The van der Waals surface area contributed by atoms with E-state index in [-0.39, 0.29) is 0 Å². The van der Waals surface area contributed by atoms with Gasteiger partial charge in [-0.2, -0.15) is 4.58 Å². The third kappa shape index (κ3) is 1.23. The van der Waals surface area contributed by atoms with E-state index < -0.39 is 0 Å². The second-order valence-corrected chi connectivity index (χ2v) is 2.65. The zero-order valence-electron chi connectivity index (χ0n) is 6.35. The molecule has 2 heteroatoms. The fraction of sp³-hybridized carbons (Fsp3) is 0.857. The van der Waals surface area contributed by atoms with Crippen LogP contribution in [0.25, 0.3) is 0 Å². The van der Waals surface area contributed by atoms with Gasteiger partial charge in [0.2, 0.25) is 0 Å². The molecule has 0 fully saturated rings. The number of hydrogen-bond acceptors (Lipinski definition) is 1. The first-order valence-corrected chi connectivity index (χ1v) is 3.45.